The third kappa shape index (κ3) is 5.70. The Labute approximate surface area is 138 Å². The van der Waals surface area contributed by atoms with Crippen molar-refractivity contribution in [2.75, 3.05) is 6.61 Å². The summed E-state index contributed by atoms with van der Waals surface area (Å²) in [6.07, 6.45) is 4.79. The number of carbonyl (C=O) groups is 2. The van der Waals surface area contributed by atoms with E-state index in [2.05, 4.69) is 6.92 Å². The maximum atomic E-state index is 12.1. The topological polar surface area (TPSA) is 52.6 Å². The number of hydrogen-bond acceptors (Lipinski definition) is 4. The fraction of sp³-hybridized carbons (Fsp3) is 0.579. The van der Waals surface area contributed by atoms with Crippen LogP contribution in [0.1, 0.15) is 51.0 Å². The first-order valence-electron chi connectivity index (χ1n) is 8.58. The Bertz CT molecular complexity index is 489. The molecule has 23 heavy (non-hydrogen) atoms. The molecular weight excluding hydrogens is 292 g/mol. The predicted octanol–water partition coefficient (Wildman–Crippen LogP) is 3.88. The van der Waals surface area contributed by atoms with Gasteiger partial charge in [0.1, 0.15) is 6.61 Å². The Kier molecular flexibility index (Phi) is 7.11. The zero-order chi connectivity index (χ0) is 16.5. The highest BCUT2D eigenvalue weighted by atomic mass is 16.5. The molecule has 2 rings (SSSR count). The summed E-state index contributed by atoms with van der Waals surface area (Å²) in [6, 6.07) is 9.68. The lowest BCUT2D eigenvalue weighted by Gasteiger charge is -2.26. The van der Waals surface area contributed by atoms with Crippen molar-refractivity contribution >= 4 is 11.9 Å². The van der Waals surface area contributed by atoms with Crippen molar-refractivity contribution in [3.05, 3.63) is 35.9 Å². The molecule has 0 N–H and O–H groups in total. The summed E-state index contributed by atoms with van der Waals surface area (Å²) in [5.41, 5.74) is 0.994. The Morgan fingerprint density at radius 3 is 2.09 bits per heavy atom. The lowest BCUT2D eigenvalue weighted by Crippen LogP contribution is -2.28. The SMILES string of the molecule is CCCCOC(=O)C1CCC(C(=O)OCc2ccccc2)CC1. The van der Waals surface area contributed by atoms with E-state index >= 15 is 0 Å². The largest absolute Gasteiger partial charge is 0.465 e. The van der Waals surface area contributed by atoms with Gasteiger partial charge in [0.2, 0.25) is 0 Å². The van der Waals surface area contributed by atoms with Gasteiger partial charge in [-0.15, -0.1) is 0 Å². The van der Waals surface area contributed by atoms with Crippen molar-refractivity contribution < 1.29 is 19.1 Å². The fourth-order valence-electron chi connectivity index (χ4n) is 2.85. The van der Waals surface area contributed by atoms with Crippen LogP contribution in [0.3, 0.4) is 0 Å². The average Bonchev–Trinajstić information content (AvgIpc) is 2.61. The zero-order valence-corrected chi connectivity index (χ0v) is 13.8. The van der Waals surface area contributed by atoms with Crippen molar-refractivity contribution in [1.29, 1.82) is 0 Å². The summed E-state index contributed by atoms with van der Waals surface area (Å²) >= 11 is 0. The maximum absolute atomic E-state index is 12.1. The second-order valence-corrected chi connectivity index (χ2v) is 6.16. The molecule has 0 heterocycles. The van der Waals surface area contributed by atoms with Gasteiger partial charge in [-0.3, -0.25) is 9.59 Å². The van der Waals surface area contributed by atoms with Crippen molar-refractivity contribution in [2.24, 2.45) is 11.8 Å². The highest BCUT2D eigenvalue weighted by molar-refractivity contribution is 5.75. The van der Waals surface area contributed by atoms with E-state index in [9.17, 15) is 9.59 Å². The predicted molar refractivity (Wildman–Crippen MR) is 87.6 cm³/mol. The fourth-order valence-corrected chi connectivity index (χ4v) is 2.85. The minimum atomic E-state index is -0.147. The van der Waals surface area contributed by atoms with E-state index in [0.717, 1.165) is 31.2 Å². The third-order valence-corrected chi connectivity index (χ3v) is 4.36. The van der Waals surface area contributed by atoms with Gasteiger partial charge in [-0.2, -0.15) is 0 Å². The van der Waals surface area contributed by atoms with Gasteiger partial charge >= 0.3 is 11.9 Å². The minimum Gasteiger partial charge on any atom is -0.465 e. The minimum absolute atomic E-state index is 0.0509. The smallest absolute Gasteiger partial charge is 0.309 e. The molecule has 0 radical (unpaired) electrons. The highest BCUT2D eigenvalue weighted by Crippen LogP contribution is 2.30. The molecule has 1 aromatic carbocycles. The van der Waals surface area contributed by atoms with E-state index in [0.29, 0.717) is 26.1 Å². The summed E-state index contributed by atoms with van der Waals surface area (Å²) in [4.78, 5) is 24.0. The number of esters is 2. The van der Waals surface area contributed by atoms with E-state index < -0.39 is 0 Å². The summed E-state index contributed by atoms with van der Waals surface area (Å²) in [5.74, 6) is -0.385. The van der Waals surface area contributed by atoms with Gasteiger partial charge in [-0.1, -0.05) is 43.7 Å². The van der Waals surface area contributed by atoms with Crippen LogP contribution in [-0.4, -0.2) is 18.5 Å². The lowest BCUT2D eigenvalue weighted by atomic mass is 9.82. The second-order valence-electron chi connectivity index (χ2n) is 6.16. The van der Waals surface area contributed by atoms with E-state index in [4.69, 9.17) is 9.47 Å². The molecule has 0 aliphatic heterocycles. The van der Waals surface area contributed by atoms with E-state index in [1.54, 1.807) is 0 Å². The lowest BCUT2D eigenvalue weighted by molar-refractivity contribution is -0.156. The second kappa shape index (κ2) is 9.33. The number of ether oxygens (including phenoxy) is 2. The van der Waals surface area contributed by atoms with Crippen molar-refractivity contribution in [2.45, 2.75) is 52.1 Å². The summed E-state index contributed by atoms with van der Waals surface area (Å²) < 4.78 is 10.7. The standard InChI is InChI=1S/C19H26O4/c1-2-3-13-22-18(20)16-9-11-17(12-10-16)19(21)23-14-15-7-5-4-6-8-15/h4-8,16-17H,2-3,9-14H2,1H3. The monoisotopic (exact) mass is 318 g/mol. The van der Waals surface area contributed by atoms with Gasteiger partial charge in [-0.25, -0.2) is 0 Å². The van der Waals surface area contributed by atoms with Crippen LogP contribution in [0.2, 0.25) is 0 Å². The first-order valence-corrected chi connectivity index (χ1v) is 8.58. The van der Waals surface area contributed by atoms with Crippen LogP contribution in [0.5, 0.6) is 0 Å². The van der Waals surface area contributed by atoms with Crippen LogP contribution in [0, 0.1) is 11.8 Å². The quantitative estimate of drug-likeness (QED) is 0.565. The molecule has 0 amide bonds. The molecule has 1 aliphatic carbocycles. The number of carbonyl (C=O) groups excluding carboxylic acids is 2. The molecule has 0 unspecified atom stereocenters. The summed E-state index contributed by atoms with van der Waals surface area (Å²) in [7, 11) is 0. The van der Waals surface area contributed by atoms with Crippen LogP contribution in [0.4, 0.5) is 0 Å². The zero-order valence-electron chi connectivity index (χ0n) is 13.8. The van der Waals surface area contributed by atoms with E-state index in [1.807, 2.05) is 30.3 Å². The van der Waals surface area contributed by atoms with Crippen LogP contribution >= 0.6 is 0 Å². The van der Waals surface area contributed by atoms with Gasteiger partial charge in [0.25, 0.3) is 0 Å². The molecular formula is C19H26O4. The van der Waals surface area contributed by atoms with Crippen LogP contribution in [-0.2, 0) is 25.7 Å². The maximum Gasteiger partial charge on any atom is 0.309 e. The highest BCUT2D eigenvalue weighted by Gasteiger charge is 2.31. The van der Waals surface area contributed by atoms with Gasteiger partial charge in [0, 0.05) is 0 Å². The molecule has 1 aromatic rings. The van der Waals surface area contributed by atoms with E-state index in [-0.39, 0.29) is 23.8 Å². The van der Waals surface area contributed by atoms with Gasteiger partial charge in [0.15, 0.2) is 0 Å². The first-order chi connectivity index (χ1) is 11.2. The van der Waals surface area contributed by atoms with Gasteiger partial charge in [0.05, 0.1) is 18.4 Å². The van der Waals surface area contributed by atoms with E-state index in [1.165, 1.54) is 0 Å². The molecule has 0 spiro atoms. The van der Waals surface area contributed by atoms with Crippen molar-refractivity contribution in [1.82, 2.24) is 0 Å². The number of benzene rings is 1. The van der Waals surface area contributed by atoms with Crippen molar-refractivity contribution in [3.8, 4) is 0 Å². The Balaban J connectivity index is 1.69. The first kappa shape index (κ1) is 17.5. The molecule has 4 heteroatoms. The summed E-state index contributed by atoms with van der Waals surface area (Å²) in [6.45, 7) is 2.90. The molecule has 1 fully saturated rings. The Morgan fingerprint density at radius 2 is 1.52 bits per heavy atom. The van der Waals surface area contributed by atoms with Crippen LogP contribution < -0.4 is 0 Å². The van der Waals surface area contributed by atoms with Crippen LogP contribution in [0.15, 0.2) is 30.3 Å². The molecule has 1 aliphatic rings. The van der Waals surface area contributed by atoms with Gasteiger partial charge < -0.3 is 9.47 Å². The third-order valence-electron chi connectivity index (χ3n) is 4.36. The molecule has 4 nitrogen and oxygen atoms in total. The molecule has 0 bridgehead atoms. The Morgan fingerprint density at radius 1 is 0.957 bits per heavy atom. The summed E-state index contributed by atoms with van der Waals surface area (Å²) in [5, 5.41) is 0. The molecule has 0 aromatic heterocycles. The molecule has 0 saturated heterocycles. The van der Waals surface area contributed by atoms with Crippen LogP contribution in [0.25, 0.3) is 0 Å². The van der Waals surface area contributed by atoms with Crippen molar-refractivity contribution in [3.63, 3.8) is 0 Å². The Hall–Kier alpha value is -1.84. The normalized spacial score (nSPS) is 20.7. The van der Waals surface area contributed by atoms with Gasteiger partial charge in [-0.05, 0) is 37.7 Å². The molecule has 0 atom stereocenters. The average molecular weight is 318 g/mol. The molecule has 1 saturated carbocycles. The number of unbranched alkanes of at least 4 members (excludes halogenated alkanes) is 1. The number of hydrogen-bond donors (Lipinski definition) is 0. The molecule has 126 valence electrons. The number of rotatable bonds is 7.